The summed E-state index contributed by atoms with van der Waals surface area (Å²) in [4.78, 5) is 43.6. The van der Waals surface area contributed by atoms with Crippen molar-refractivity contribution in [1.29, 1.82) is 0 Å². The Bertz CT molecular complexity index is 684. The summed E-state index contributed by atoms with van der Waals surface area (Å²) in [7, 11) is 0. The molecule has 1 heterocycles. The van der Waals surface area contributed by atoms with Crippen LogP contribution in [-0.2, 0) is 23.9 Å². The van der Waals surface area contributed by atoms with Crippen LogP contribution in [0.1, 0.15) is 52.4 Å². The summed E-state index contributed by atoms with van der Waals surface area (Å²) in [6.45, 7) is 3.72. The number of carbonyl (C=O) groups excluding carboxylic acids is 2. The summed E-state index contributed by atoms with van der Waals surface area (Å²) >= 11 is 0. The first-order valence-corrected chi connectivity index (χ1v) is 8.43. The molecule has 0 aromatic heterocycles. The van der Waals surface area contributed by atoms with Gasteiger partial charge in [-0.15, -0.1) is 0 Å². The number of carboxylic acid groups (broad SMARTS) is 2. The average Bonchev–Trinajstić information content (AvgIpc) is 2.83. The highest BCUT2D eigenvalue weighted by Gasteiger charge is 2.37. The van der Waals surface area contributed by atoms with E-state index >= 15 is 0 Å². The van der Waals surface area contributed by atoms with Crippen molar-refractivity contribution < 1.29 is 34.1 Å². The van der Waals surface area contributed by atoms with Crippen LogP contribution in [0.2, 0.25) is 0 Å². The summed E-state index contributed by atoms with van der Waals surface area (Å²) in [5.41, 5.74) is 1.41. The standard InChI is InChI=1S/C9H12O4.C9H10O3/c1-5-3-2-4-6(8(10)11)7(5)9(12)13;1-5-3-2-4-6-7(5)9(11)12-8(6)10/h5H,2-4H2,1H3,(H,10,11)(H,12,13);5H,2-4H2,1H3. The normalized spacial score (nSPS) is 25.8. The van der Waals surface area contributed by atoms with Gasteiger partial charge in [-0.05, 0) is 50.4 Å². The highest BCUT2D eigenvalue weighted by Crippen LogP contribution is 2.35. The van der Waals surface area contributed by atoms with Crippen LogP contribution in [0.25, 0.3) is 0 Å². The Morgan fingerprint density at radius 1 is 0.920 bits per heavy atom. The Hall–Kier alpha value is -2.44. The second-order valence-electron chi connectivity index (χ2n) is 6.66. The first kappa shape index (κ1) is 18.9. The number of aliphatic carboxylic acids is 2. The van der Waals surface area contributed by atoms with Gasteiger partial charge in [0, 0.05) is 11.1 Å². The van der Waals surface area contributed by atoms with Gasteiger partial charge in [-0.2, -0.15) is 0 Å². The Morgan fingerprint density at radius 3 is 2.04 bits per heavy atom. The fourth-order valence-electron chi connectivity index (χ4n) is 3.62. The summed E-state index contributed by atoms with van der Waals surface area (Å²) in [6, 6.07) is 0. The lowest BCUT2D eigenvalue weighted by Crippen LogP contribution is -2.20. The second-order valence-corrected chi connectivity index (χ2v) is 6.66. The lowest BCUT2D eigenvalue weighted by atomic mass is 9.84. The van der Waals surface area contributed by atoms with Gasteiger partial charge in [0.05, 0.1) is 11.1 Å². The molecule has 2 unspecified atom stereocenters. The lowest BCUT2D eigenvalue weighted by Gasteiger charge is -2.20. The van der Waals surface area contributed by atoms with Crippen LogP contribution in [-0.4, -0.2) is 34.1 Å². The van der Waals surface area contributed by atoms with E-state index in [-0.39, 0.29) is 23.0 Å². The van der Waals surface area contributed by atoms with Crippen molar-refractivity contribution in [2.24, 2.45) is 11.8 Å². The largest absolute Gasteiger partial charge is 0.478 e. The van der Waals surface area contributed by atoms with Crippen LogP contribution >= 0.6 is 0 Å². The highest BCUT2D eigenvalue weighted by molar-refractivity contribution is 6.12. The smallest absolute Gasteiger partial charge is 0.342 e. The molecule has 7 heteroatoms. The summed E-state index contributed by atoms with van der Waals surface area (Å²) < 4.78 is 4.53. The van der Waals surface area contributed by atoms with Crippen molar-refractivity contribution in [3.63, 3.8) is 0 Å². The van der Waals surface area contributed by atoms with Gasteiger partial charge in [0.2, 0.25) is 0 Å². The van der Waals surface area contributed by atoms with Crippen LogP contribution in [0.5, 0.6) is 0 Å². The molecule has 3 aliphatic rings. The average molecular weight is 350 g/mol. The SMILES string of the molecule is CC1CCCC(C(=O)O)=C1C(=O)O.CC1CCCC2=C1C(=O)OC2=O. The topological polar surface area (TPSA) is 118 Å². The molecule has 2 N–H and O–H groups in total. The molecule has 136 valence electrons. The molecule has 1 aliphatic heterocycles. The van der Waals surface area contributed by atoms with Gasteiger partial charge in [0.1, 0.15) is 0 Å². The number of hydrogen-bond acceptors (Lipinski definition) is 5. The maximum absolute atomic E-state index is 11.1. The first-order chi connectivity index (χ1) is 11.7. The molecule has 0 aromatic carbocycles. The fourth-order valence-corrected chi connectivity index (χ4v) is 3.62. The van der Waals surface area contributed by atoms with E-state index in [2.05, 4.69) is 4.74 Å². The second kappa shape index (κ2) is 7.63. The van der Waals surface area contributed by atoms with Gasteiger partial charge < -0.3 is 14.9 Å². The molecule has 0 aromatic rings. The van der Waals surface area contributed by atoms with Gasteiger partial charge in [-0.3, -0.25) is 0 Å². The fraction of sp³-hybridized carbons (Fsp3) is 0.556. The quantitative estimate of drug-likeness (QED) is 0.580. The number of rotatable bonds is 2. The molecule has 0 fully saturated rings. The molecule has 25 heavy (non-hydrogen) atoms. The van der Waals surface area contributed by atoms with Gasteiger partial charge in [0.15, 0.2) is 0 Å². The van der Waals surface area contributed by atoms with Crippen molar-refractivity contribution in [2.75, 3.05) is 0 Å². The minimum absolute atomic E-state index is 0.0752. The van der Waals surface area contributed by atoms with Crippen molar-refractivity contribution in [3.05, 3.63) is 22.3 Å². The van der Waals surface area contributed by atoms with E-state index in [0.29, 0.717) is 24.0 Å². The number of cyclic esters (lactones) is 2. The first-order valence-electron chi connectivity index (χ1n) is 8.43. The molecule has 0 bridgehead atoms. The predicted octanol–water partition coefficient (Wildman–Crippen LogP) is 2.46. The van der Waals surface area contributed by atoms with Gasteiger partial charge in [-0.1, -0.05) is 13.8 Å². The Balaban J connectivity index is 0.000000181. The van der Waals surface area contributed by atoms with Gasteiger partial charge in [0.25, 0.3) is 0 Å². The minimum Gasteiger partial charge on any atom is -0.478 e. The highest BCUT2D eigenvalue weighted by atomic mass is 16.6. The molecular formula is C18H22O7. The van der Waals surface area contributed by atoms with Gasteiger partial charge in [-0.25, -0.2) is 19.2 Å². The number of esters is 2. The third kappa shape index (κ3) is 3.97. The summed E-state index contributed by atoms with van der Waals surface area (Å²) in [6.07, 6.45) is 4.59. The number of ether oxygens (including phenoxy) is 1. The minimum atomic E-state index is -1.09. The van der Waals surface area contributed by atoms with E-state index < -0.39 is 23.9 Å². The van der Waals surface area contributed by atoms with Crippen LogP contribution in [0.3, 0.4) is 0 Å². The number of hydrogen-bond donors (Lipinski definition) is 2. The molecule has 7 nitrogen and oxygen atoms in total. The van der Waals surface area contributed by atoms with E-state index in [0.717, 1.165) is 25.7 Å². The van der Waals surface area contributed by atoms with Crippen molar-refractivity contribution in [2.45, 2.75) is 52.4 Å². The maximum Gasteiger partial charge on any atom is 0.342 e. The lowest BCUT2D eigenvalue weighted by molar-refractivity contribution is -0.151. The maximum atomic E-state index is 11.1. The van der Waals surface area contributed by atoms with Crippen molar-refractivity contribution >= 4 is 23.9 Å². The molecule has 3 rings (SSSR count). The monoisotopic (exact) mass is 350 g/mol. The van der Waals surface area contributed by atoms with Crippen LogP contribution in [0.15, 0.2) is 22.3 Å². The summed E-state index contributed by atoms with van der Waals surface area (Å²) in [5, 5.41) is 17.6. The van der Waals surface area contributed by atoms with Crippen molar-refractivity contribution in [3.8, 4) is 0 Å². The van der Waals surface area contributed by atoms with Crippen LogP contribution in [0.4, 0.5) is 0 Å². The molecule has 0 spiro atoms. The molecule has 2 aliphatic carbocycles. The number of carboxylic acids is 2. The zero-order valence-corrected chi connectivity index (χ0v) is 14.3. The zero-order valence-electron chi connectivity index (χ0n) is 14.3. The Labute approximate surface area is 145 Å². The molecule has 0 saturated carbocycles. The van der Waals surface area contributed by atoms with E-state index in [1.165, 1.54) is 0 Å². The van der Waals surface area contributed by atoms with Crippen molar-refractivity contribution in [1.82, 2.24) is 0 Å². The Kier molecular flexibility index (Phi) is 5.77. The predicted molar refractivity (Wildman–Crippen MR) is 86.5 cm³/mol. The summed E-state index contributed by atoms with van der Waals surface area (Å²) in [5.74, 6) is -2.96. The molecule has 0 saturated heterocycles. The molecule has 2 atom stereocenters. The third-order valence-corrected chi connectivity index (χ3v) is 4.90. The van der Waals surface area contributed by atoms with E-state index in [1.807, 2.05) is 6.92 Å². The molecule has 0 amide bonds. The van der Waals surface area contributed by atoms with Gasteiger partial charge >= 0.3 is 23.9 Å². The van der Waals surface area contributed by atoms with E-state index in [4.69, 9.17) is 10.2 Å². The van der Waals surface area contributed by atoms with Crippen LogP contribution < -0.4 is 0 Å². The number of carbonyl (C=O) groups is 4. The third-order valence-electron chi connectivity index (χ3n) is 4.90. The van der Waals surface area contributed by atoms with E-state index in [9.17, 15) is 19.2 Å². The molecular weight excluding hydrogens is 328 g/mol. The Morgan fingerprint density at radius 2 is 1.52 bits per heavy atom. The van der Waals surface area contributed by atoms with Crippen LogP contribution in [0, 0.1) is 11.8 Å². The zero-order chi connectivity index (χ0) is 18.7. The molecule has 0 radical (unpaired) electrons. The van der Waals surface area contributed by atoms with E-state index in [1.54, 1.807) is 6.92 Å².